The predicted molar refractivity (Wildman–Crippen MR) is 252 cm³/mol. The molecule has 5 rings (SSSR count). The van der Waals surface area contributed by atoms with Crippen LogP contribution in [0.15, 0.2) is 12.4 Å². The number of nitrogens with one attached hydrogen (secondary N) is 1. The number of carbonyl (C=O) groups excluding carboxylic acids is 3. The third-order valence-electron chi connectivity index (χ3n) is 11.9. The zero-order chi connectivity index (χ0) is 52.4. The largest absolute Gasteiger partial charge is 1.00 e. The van der Waals surface area contributed by atoms with E-state index in [9.17, 15) is 37.5 Å². The summed E-state index contributed by atoms with van der Waals surface area (Å²) in [4.78, 5) is 72.7. The summed E-state index contributed by atoms with van der Waals surface area (Å²) in [5.74, 6) is -0.549. The summed E-state index contributed by atoms with van der Waals surface area (Å²) in [7, 11) is 0. The maximum atomic E-state index is 14.2. The van der Waals surface area contributed by atoms with Gasteiger partial charge in [0.1, 0.15) is 31.0 Å². The van der Waals surface area contributed by atoms with Crippen LogP contribution >= 0.6 is 0 Å². The van der Waals surface area contributed by atoms with Crippen molar-refractivity contribution in [2.24, 2.45) is 23.3 Å². The standard InChI is InChI=1S/C44H67F3N16O9.ClH/c1-6-19-69-21-23-71-24-22-70-20-10-50-41-51-42(60-15-11-58(12-16-60)38(66)35(8-9-36(64)65)62-26-33(54-56-62)31(48)25-29(3)4)53-43(52-41)61-17-13-59(14-18-61)39(67)37(30(5)7-2)63-27-34(55-57-63)32(49)28-72-40(68)44(45,46)47;/h1,26-27,29-32,35,37H,7-25,28,48-49H2,2-5H3,(H,64,65)(H,50,51,52,53);1H/p-1. The number of anilines is 3. The van der Waals surface area contributed by atoms with Gasteiger partial charge in [0.2, 0.25) is 29.7 Å². The van der Waals surface area contributed by atoms with Crippen molar-refractivity contribution in [1.29, 1.82) is 0 Å². The summed E-state index contributed by atoms with van der Waals surface area (Å²) in [5.41, 5.74) is 12.9. The van der Waals surface area contributed by atoms with Crippen LogP contribution in [0.5, 0.6) is 0 Å². The molecular weight excluding hydrogens is 989 g/mol. The molecule has 406 valence electrons. The molecule has 5 heterocycles. The molecule has 29 heteroatoms. The van der Waals surface area contributed by atoms with Gasteiger partial charge in [-0.2, -0.15) is 28.1 Å². The van der Waals surface area contributed by atoms with Gasteiger partial charge in [-0.3, -0.25) is 14.4 Å². The highest BCUT2D eigenvalue weighted by atomic mass is 35.5. The van der Waals surface area contributed by atoms with E-state index in [4.69, 9.17) is 47.1 Å². The van der Waals surface area contributed by atoms with E-state index in [2.05, 4.69) is 36.6 Å². The van der Waals surface area contributed by atoms with Crippen molar-refractivity contribution in [3.8, 4) is 12.3 Å². The number of piperazine rings is 2. The molecule has 5 unspecified atom stereocenters. The lowest BCUT2D eigenvalue weighted by molar-refractivity contribution is -0.200. The van der Waals surface area contributed by atoms with Gasteiger partial charge < -0.3 is 72.8 Å². The molecule has 2 fully saturated rings. The summed E-state index contributed by atoms with van der Waals surface area (Å²) in [6.45, 7) is 11.8. The number of rotatable bonds is 28. The molecule has 0 aliphatic carbocycles. The van der Waals surface area contributed by atoms with Crippen molar-refractivity contribution < 1.29 is 68.8 Å². The Hall–Kier alpha value is -5.99. The Bertz CT molecular complexity index is 2250. The first-order valence-electron chi connectivity index (χ1n) is 23.9. The molecule has 2 aliphatic rings. The van der Waals surface area contributed by atoms with Crippen LogP contribution in [-0.2, 0) is 38.1 Å². The topological polar surface area (TPSA) is 303 Å². The Labute approximate surface area is 427 Å². The van der Waals surface area contributed by atoms with Crippen molar-refractivity contribution in [1.82, 2.24) is 54.7 Å². The molecule has 25 nitrogen and oxygen atoms in total. The minimum absolute atomic E-state index is 0. The number of nitrogens with zero attached hydrogens (tertiary/aromatic N) is 13. The third kappa shape index (κ3) is 17.9. The monoisotopic (exact) mass is 1060 g/mol. The number of carboxylic acids is 1. The zero-order valence-corrected chi connectivity index (χ0v) is 42.3. The Kier molecular flexibility index (Phi) is 23.7. The van der Waals surface area contributed by atoms with Crippen LogP contribution < -0.4 is 39.0 Å². The van der Waals surface area contributed by atoms with Crippen LogP contribution in [0.2, 0.25) is 0 Å². The minimum atomic E-state index is -5.18. The smallest absolute Gasteiger partial charge is 0.490 e. The van der Waals surface area contributed by atoms with Gasteiger partial charge in [-0.1, -0.05) is 50.5 Å². The van der Waals surface area contributed by atoms with E-state index < -0.39 is 48.9 Å². The molecule has 0 saturated carbocycles. The molecule has 6 N–H and O–H groups in total. The Balaban J connectivity index is 0.0000116. The van der Waals surface area contributed by atoms with E-state index in [1.54, 1.807) is 16.0 Å². The number of aliphatic carboxylic acids is 1. The number of ether oxygens (including phenoxy) is 4. The van der Waals surface area contributed by atoms with E-state index in [0.717, 1.165) is 0 Å². The van der Waals surface area contributed by atoms with E-state index >= 15 is 0 Å². The van der Waals surface area contributed by atoms with Gasteiger partial charge in [-0.05, 0) is 24.7 Å². The lowest BCUT2D eigenvalue weighted by atomic mass is 9.97. The minimum Gasteiger partial charge on any atom is -1.00 e. The summed E-state index contributed by atoms with van der Waals surface area (Å²) in [5, 5.41) is 29.2. The number of aromatic nitrogens is 9. The molecule has 2 saturated heterocycles. The van der Waals surface area contributed by atoms with Crippen molar-refractivity contribution in [2.45, 2.75) is 83.7 Å². The van der Waals surface area contributed by atoms with Crippen molar-refractivity contribution in [3.05, 3.63) is 23.8 Å². The van der Waals surface area contributed by atoms with Crippen LogP contribution in [0.1, 0.15) is 88.9 Å². The van der Waals surface area contributed by atoms with Crippen LogP contribution in [0.3, 0.4) is 0 Å². The molecule has 3 aromatic heterocycles. The van der Waals surface area contributed by atoms with Crippen LogP contribution in [0, 0.1) is 24.2 Å². The first-order valence-corrected chi connectivity index (χ1v) is 23.9. The third-order valence-corrected chi connectivity index (χ3v) is 11.9. The SMILES string of the molecule is C#CCOCCOCCOCCNc1nc(N2CCN(C(=O)C(CCC(=O)O)n3cc(C(N)CC(C)C)nn3)CC2)nc(N2CCN(C(=O)C(C(C)CC)n3cc(C(N)COC(=O)C(F)(F)F)nn3)CC2)n1.[Cl-]. The lowest BCUT2D eigenvalue weighted by Gasteiger charge is -2.38. The van der Waals surface area contributed by atoms with E-state index in [1.165, 1.54) is 15.6 Å². The fourth-order valence-electron chi connectivity index (χ4n) is 7.81. The number of carbonyl (C=O) groups is 4. The molecule has 0 bridgehead atoms. The number of terminal acetylenes is 1. The number of alkyl halides is 3. The second-order valence-electron chi connectivity index (χ2n) is 17.8. The van der Waals surface area contributed by atoms with Crippen LogP contribution in [0.4, 0.5) is 31.0 Å². The zero-order valence-electron chi connectivity index (χ0n) is 41.5. The van der Waals surface area contributed by atoms with Crippen LogP contribution in [-0.4, -0.2) is 195 Å². The second-order valence-corrected chi connectivity index (χ2v) is 17.8. The average molecular weight is 1060 g/mol. The van der Waals surface area contributed by atoms with E-state index in [1.807, 2.05) is 37.5 Å². The maximum Gasteiger partial charge on any atom is 0.490 e. The molecule has 2 amide bonds. The molecule has 73 heavy (non-hydrogen) atoms. The quantitative estimate of drug-likeness (QED) is 0.0347. The van der Waals surface area contributed by atoms with E-state index in [-0.39, 0.29) is 87.4 Å². The summed E-state index contributed by atoms with van der Waals surface area (Å²) >= 11 is 0. The number of carboxylic acid groups (broad SMARTS) is 1. The molecule has 0 spiro atoms. The predicted octanol–water partition coefficient (Wildman–Crippen LogP) is -2.00. The van der Waals surface area contributed by atoms with Gasteiger partial charge in [0.05, 0.1) is 63.2 Å². The highest BCUT2D eigenvalue weighted by Crippen LogP contribution is 2.28. The van der Waals surface area contributed by atoms with Gasteiger partial charge in [0.15, 0.2) is 0 Å². The first-order chi connectivity index (χ1) is 34.4. The molecule has 3 aromatic rings. The van der Waals surface area contributed by atoms with Gasteiger partial charge in [-0.15, -0.1) is 16.6 Å². The summed E-state index contributed by atoms with van der Waals surface area (Å²) in [6, 6.07) is -3.35. The van der Waals surface area contributed by atoms with Gasteiger partial charge in [0, 0.05) is 65.3 Å². The fraction of sp³-hybridized carbons (Fsp3) is 0.705. The van der Waals surface area contributed by atoms with Crippen molar-refractivity contribution in [3.63, 3.8) is 0 Å². The maximum absolute atomic E-state index is 14.2. The first kappa shape index (κ1) is 59.6. The van der Waals surface area contributed by atoms with Crippen LogP contribution in [0.25, 0.3) is 0 Å². The molecular formula is C44H67ClF3N16O9-. The number of halogens is 4. The van der Waals surface area contributed by atoms with Gasteiger partial charge in [0.25, 0.3) is 0 Å². The summed E-state index contributed by atoms with van der Waals surface area (Å²) in [6.07, 6.45) is 3.98. The highest BCUT2D eigenvalue weighted by Gasteiger charge is 2.41. The number of hydrogen-bond acceptors (Lipinski definition) is 20. The molecule has 2 aliphatic heterocycles. The fourth-order valence-corrected chi connectivity index (χ4v) is 7.81. The Morgan fingerprint density at radius 1 is 0.795 bits per heavy atom. The lowest BCUT2D eigenvalue weighted by Crippen LogP contribution is -3.00. The molecule has 5 atom stereocenters. The van der Waals surface area contributed by atoms with Crippen molar-refractivity contribution >= 4 is 41.6 Å². The number of esters is 1. The Morgan fingerprint density at radius 2 is 1.33 bits per heavy atom. The normalized spacial score (nSPS) is 16.3. The summed E-state index contributed by atoms with van der Waals surface area (Å²) < 4.78 is 61.5. The van der Waals surface area contributed by atoms with Crippen molar-refractivity contribution in [2.75, 3.05) is 120 Å². The van der Waals surface area contributed by atoms with Gasteiger partial charge >= 0.3 is 18.1 Å². The Morgan fingerprint density at radius 3 is 1.88 bits per heavy atom. The molecule has 0 aromatic carbocycles. The number of amides is 2. The second kappa shape index (κ2) is 29.0. The number of hydrogen-bond donors (Lipinski definition) is 4. The van der Waals surface area contributed by atoms with Gasteiger partial charge in [-0.25, -0.2) is 14.2 Å². The number of nitrogens with two attached hydrogens (primary N) is 2. The average Bonchev–Trinajstić information content (AvgIpc) is 4.06. The van der Waals surface area contributed by atoms with E-state index in [0.29, 0.717) is 102 Å². The highest BCUT2D eigenvalue weighted by molar-refractivity contribution is 5.82. The molecule has 0 radical (unpaired) electrons.